The van der Waals surface area contributed by atoms with Crippen LogP contribution in [-0.2, 0) is 5.75 Å². The first-order chi connectivity index (χ1) is 7.92. The van der Waals surface area contributed by atoms with Gasteiger partial charge in [-0.1, -0.05) is 18.2 Å². The monoisotopic (exact) mass is 253 g/mol. The smallest absolute Gasteiger partial charge is 0.0457 e. The van der Waals surface area contributed by atoms with Crippen molar-refractivity contribution in [3.63, 3.8) is 0 Å². The molecule has 0 saturated carbocycles. The zero-order valence-electron chi connectivity index (χ0n) is 9.21. The van der Waals surface area contributed by atoms with Crippen molar-refractivity contribution in [2.24, 2.45) is 0 Å². The topological polar surface area (TPSA) is 15.8 Å². The van der Waals surface area contributed by atoms with Crippen LogP contribution in [0.2, 0.25) is 0 Å². The molecule has 0 radical (unpaired) electrons. The van der Waals surface area contributed by atoms with E-state index >= 15 is 0 Å². The Hall–Kier alpha value is -0.600. The minimum atomic E-state index is 0.785. The third-order valence-corrected chi connectivity index (χ3v) is 3.96. The van der Waals surface area contributed by atoms with Crippen LogP contribution in [0.1, 0.15) is 18.4 Å². The Bertz CT molecular complexity index is 438. The number of hydrogen-bond donors (Lipinski definition) is 1. The van der Waals surface area contributed by atoms with E-state index in [9.17, 15) is 0 Å². The van der Waals surface area contributed by atoms with Crippen LogP contribution in [0.15, 0.2) is 30.5 Å². The molecule has 0 saturated heterocycles. The van der Waals surface area contributed by atoms with E-state index in [1.54, 1.807) is 0 Å². The summed E-state index contributed by atoms with van der Waals surface area (Å²) in [6.45, 7) is 0. The molecule has 86 valence electrons. The van der Waals surface area contributed by atoms with Gasteiger partial charge < -0.3 is 4.98 Å². The predicted molar refractivity (Wildman–Crippen MR) is 74.4 cm³/mol. The van der Waals surface area contributed by atoms with Gasteiger partial charge in [0.2, 0.25) is 0 Å². The Morgan fingerprint density at radius 2 is 2.06 bits per heavy atom. The summed E-state index contributed by atoms with van der Waals surface area (Å²) in [5.74, 6) is 3.08. The van der Waals surface area contributed by atoms with Crippen molar-refractivity contribution in [3.05, 3.63) is 36.0 Å². The number of hydrogen-bond acceptors (Lipinski definition) is 1. The SMILES string of the molecule is ClCCCCSCc1c[nH]c2ccccc12. The average molecular weight is 254 g/mol. The number of alkyl halides is 1. The highest BCUT2D eigenvalue weighted by molar-refractivity contribution is 7.98. The van der Waals surface area contributed by atoms with Gasteiger partial charge in [-0.05, 0) is 30.2 Å². The number of nitrogens with one attached hydrogen (secondary N) is 1. The van der Waals surface area contributed by atoms with Crippen LogP contribution < -0.4 is 0 Å². The molecule has 2 rings (SSSR count). The Labute approximate surface area is 106 Å². The summed E-state index contributed by atoms with van der Waals surface area (Å²) in [5, 5.41) is 1.35. The van der Waals surface area contributed by atoms with Crippen LogP contribution in [0.4, 0.5) is 0 Å². The standard InChI is InChI=1S/C13H16ClNS/c14-7-3-4-8-16-10-11-9-15-13-6-2-1-5-12(11)13/h1-2,5-6,9,15H,3-4,7-8,10H2. The van der Waals surface area contributed by atoms with Gasteiger partial charge in [-0.15, -0.1) is 11.6 Å². The first-order valence-corrected chi connectivity index (χ1v) is 7.29. The van der Waals surface area contributed by atoms with Gasteiger partial charge in [0, 0.05) is 28.7 Å². The van der Waals surface area contributed by atoms with Crippen LogP contribution in [0.5, 0.6) is 0 Å². The number of rotatable bonds is 6. The van der Waals surface area contributed by atoms with Gasteiger partial charge in [0.25, 0.3) is 0 Å². The second kappa shape index (κ2) is 6.21. The average Bonchev–Trinajstić information content (AvgIpc) is 2.73. The van der Waals surface area contributed by atoms with E-state index in [1.807, 2.05) is 11.8 Å². The number of benzene rings is 1. The van der Waals surface area contributed by atoms with Crippen molar-refractivity contribution in [3.8, 4) is 0 Å². The summed E-state index contributed by atoms with van der Waals surface area (Å²) in [4.78, 5) is 3.31. The van der Waals surface area contributed by atoms with Gasteiger partial charge in [-0.3, -0.25) is 0 Å². The third-order valence-electron chi connectivity index (χ3n) is 2.60. The lowest BCUT2D eigenvalue weighted by molar-refractivity contribution is 0.903. The van der Waals surface area contributed by atoms with Gasteiger partial charge in [0.05, 0.1) is 0 Å². The quantitative estimate of drug-likeness (QED) is 0.595. The number of unbranched alkanes of at least 4 members (excludes halogenated alkanes) is 1. The molecule has 1 heterocycles. The Morgan fingerprint density at radius 1 is 1.19 bits per heavy atom. The number of aromatic amines is 1. The van der Waals surface area contributed by atoms with Crippen LogP contribution in [-0.4, -0.2) is 16.6 Å². The molecule has 0 atom stereocenters. The number of fused-ring (bicyclic) bond motifs is 1. The summed E-state index contributed by atoms with van der Waals surface area (Å²) in [5.41, 5.74) is 2.64. The van der Waals surface area contributed by atoms with E-state index in [0.717, 1.165) is 18.1 Å². The lowest BCUT2D eigenvalue weighted by Crippen LogP contribution is -1.83. The summed E-state index contributed by atoms with van der Waals surface area (Å²) < 4.78 is 0. The van der Waals surface area contributed by atoms with Crippen LogP contribution in [0.25, 0.3) is 10.9 Å². The molecule has 16 heavy (non-hydrogen) atoms. The third kappa shape index (κ3) is 2.96. The summed E-state index contributed by atoms with van der Waals surface area (Å²) in [6.07, 6.45) is 4.47. The number of para-hydroxylation sites is 1. The van der Waals surface area contributed by atoms with E-state index in [0.29, 0.717) is 0 Å². The van der Waals surface area contributed by atoms with Crippen molar-refractivity contribution < 1.29 is 0 Å². The molecule has 1 aromatic heterocycles. The van der Waals surface area contributed by atoms with E-state index < -0.39 is 0 Å². The maximum atomic E-state index is 5.64. The number of aromatic nitrogens is 1. The predicted octanol–water partition coefficient (Wildman–Crippen LogP) is 4.42. The van der Waals surface area contributed by atoms with E-state index in [-0.39, 0.29) is 0 Å². The largest absolute Gasteiger partial charge is 0.361 e. The van der Waals surface area contributed by atoms with Crippen LogP contribution in [0, 0.1) is 0 Å². The molecule has 1 aromatic carbocycles. The second-order valence-corrected chi connectivity index (χ2v) is 5.29. The number of halogens is 1. The minimum Gasteiger partial charge on any atom is -0.361 e. The summed E-state index contributed by atoms with van der Waals surface area (Å²) in [7, 11) is 0. The minimum absolute atomic E-state index is 0.785. The van der Waals surface area contributed by atoms with Crippen LogP contribution >= 0.6 is 23.4 Å². The van der Waals surface area contributed by atoms with Crippen molar-refractivity contribution in [2.75, 3.05) is 11.6 Å². The first kappa shape index (κ1) is 11.9. The normalized spacial score (nSPS) is 11.1. The summed E-state index contributed by atoms with van der Waals surface area (Å²) >= 11 is 7.63. The fraction of sp³-hybridized carbons (Fsp3) is 0.385. The van der Waals surface area contributed by atoms with Gasteiger partial charge in [-0.25, -0.2) is 0 Å². The van der Waals surface area contributed by atoms with Gasteiger partial charge in [0.15, 0.2) is 0 Å². The molecule has 0 fully saturated rings. The fourth-order valence-electron chi connectivity index (χ4n) is 1.73. The zero-order valence-corrected chi connectivity index (χ0v) is 10.8. The Balaban J connectivity index is 1.89. The van der Waals surface area contributed by atoms with E-state index in [1.165, 1.54) is 28.6 Å². The van der Waals surface area contributed by atoms with E-state index in [2.05, 4.69) is 35.4 Å². The van der Waals surface area contributed by atoms with Crippen molar-refractivity contribution in [1.82, 2.24) is 4.98 Å². The van der Waals surface area contributed by atoms with Crippen LogP contribution in [0.3, 0.4) is 0 Å². The molecule has 1 nitrogen and oxygen atoms in total. The van der Waals surface area contributed by atoms with Gasteiger partial charge in [0.1, 0.15) is 0 Å². The molecule has 0 aliphatic heterocycles. The highest BCUT2D eigenvalue weighted by atomic mass is 35.5. The molecule has 0 bridgehead atoms. The molecule has 2 aromatic rings. The first-order valence-electron chi connectivity index (χ1n) is 5.60. The highest BCUT2D eigenvalue weighted by Gasteiger charge is 2.02. The van der Waals surface area contributed by atoms with Crippen molar-refractivity contribution in [1.29, 1.82) is 0 Å². The molecular formula is C13H16ClNS. The lowest BCUT2D eigenvalue weighted by atomic mass is 10.2. The van der Waals surface area contributed by atoms with Crippen molar-refractivity contribution in [2.45, 2.75) is 18.6 Å². The van der Waals surface area contributed by atoms with Gasteiger partial charge in [-0.2, -0.15) is 11.8 Å². The highest BCUT2D eigenvalue weighted by Crippen LogP contribution is 2.22. The molecule has 3 heteroatoms. The number of H-pyrrole nitrogens is 1. The molecule has 0 amide bonds. The molecule has 0 unspecified atom stereocenters. The summed E-state index contributed by atoms with van der Waals surface area (Å²) in [6, 6.07) is 8.46. The van der Waals surface area contributed by atoms with Gasteiger partial charge >= 0.3 is 0 Å². The number of thioether (sulfide) groups is 1. The molecule has 0 aliphatic rings. The molecular weight excluding hydrogens is 238 g/mol. The maximum Gasteiger partial charge on any atom is 0.0457 e. The Morgan fingerprint density at radius 3 is 2.94 bits per heavy atom. The van der Waals surface area contributed by atoms with Crippen molar-refractivity contribution >= 4 is 34.3 Å². The zero-order chi connectivity index (χ0) is 11.2. The second-order valence-electron chi connectivity index (χ2n) is 3.81. The van der Waals surface area contributed by atoms with E-state index in [4.69, 9.17) is 11.6 Å². The Kier molecular flexibility index (Phi) is 4.61. The molecule has 0 spiro atoms. The molecule has 1 N–H and O–H groups in total. The lowest BCUT2D eigenvalue weighted by Gasteiger charge is -1.99. The molecule has 0 aliphatic carbocycles. The maximum absolute atomic E-state index is 5.64. The fourth-order valence-corrected chi connectivity index (χ4v) is 2.93.